The van der Waals surface area contributed by atoms with Gasteiger partial charge in [-0.25, -0.2) is 4.99 Å². The lowest BCUT2D eigenvalue weighted by molar-refractivity contribution is 0.502. The SMILES string of the molecule is Cc1nnc(CN=C(NCC(C)(C)c2ccccc2)NC2CCCC2)n1C.I. The molecule has 1 aliphatic rings. The van der Waals surface area contributed by atoms with Crippen molar-refractivity contribution in [2.45, 2.75) is 64.5 Å². The number of rotatable bonds is 6. The highest BCUT2D eigenvalue weighted by molar-refractivity contribution is 14.0. The molecule has 1 aromatic carbocycles. The zero-order valence-corrected chi connectivity index (χ0v) is 19.7. The first-order valence-electron chi connectivity index (χ1n) is 9.91. The van der Waals surface area contributed by atoms with Crippen LogP contribution in [0, 0.1) is 6.92 Å². The maximum atomic E-state index is 4.80. The molecule has 0 unspecified atom stereocenters. The van der Waals surface area contributed by atoms with Crippen molar-refractivity contribution in [1.29, 1.82) is 0 Å². The Morgan fingerprint density at radius 1 is 1.18 bits per heavy atom. The highest BCUT2D eigenvalue weighted by Crippen LogP contribution is 2.22. The Labute approximate surface area is 185 Å². The van der Waals surface area contributed by atoms with Gasteiger partial charge in [-0.2, -0.15) is 0 Å². The van der Waals surface area contributed by atoms with Gasteiger partial charge in [-0.1, -0.05) is 57.0 Å². The number of aromatic nitrogens is 3. The van der Waals surface area contributed by atoms with Crippen molar-refractivity contribution < 1.29 is 0 Å². The van der Waals surface area contributed by atoms with Crippen molar-refractivity contribution >= 4 is 29.9 Å². The van der Waals surface area contributed by atoms with E-state index in [4.69, 9.17) is 4.99 Å². The van der Waals surface area contributed by atoms with E-state index < -0.39 is 0 Å². The summed E-state index contributed by atoms with van der Waals surface area (Å²) in [6.07, 6.45) is 5.02. The first-order chi connectivity index (χ1) is 13.0. The summed E-state index contributed by atoms with van der Waals surface area (Å²) in [6, 6.07) is 11.1. The van der Waals surface area contributed by atoms with Crippen molar-refractivity contribution in [1.82, 2.24) is 25.4 Å². The number of guanidine groups is 1. The highest BCUT2D eigenvalue weighted by Gasteiger charge is 2.22. The Morgan fingerprint density at radius 2 is 1.86 bits per heavy atom. The van der Waals surface area contributed by atoms with Gasteiger partial charge in [0.15, 0.2) is 11.8 Å². The van der Waals surface area contributed by atoms with Crippen LogP contribution in [0.5, 0.6) is 0 Å². The minimum absolute atomic E-state index is 0. The van der Waals surface area contributed by atoms with Crippen molar-refractivity contribution in [2.75, 3.05) is 6.54 Å². The summed E-state index contributed by atoms with van der Waals surface area (Å²) in [4.78, 5) is 4.80. The van der Waals surface area contributed by atoms with Gasteiger partial charge in [0, 0.05) is 25.0 Å². The summed E-state index contributed by atoms with van der Waals surface area (Å²) in [5, 5.41) is 15.5. The molecular formula is C21H33IN6. The maximum Gasteiger partial charge on any atom is 0.191 e. The molecule has 1 fully saturated rings. The molecule has 6 nitrogen and oxygen atoms in total. The minimum Gasteiger partial charge on any atom is -0.356 e. The van der Waals surface area contributed by atoms with Crippen molar-refractivity contribution in [2.24, 2.45) is 12.0 Å². The monoisotopic (exact) mass is 496 g/mol. The lowest BCUT2D eigenvalue weighted by Gasteiger charge is -2.27. The first kappa shape index (κ1) is 22.6. The van der Waals surface area contributed by atoms with Gasteiger partial charge in [0.25, 0.3) is 0 Å². The van der Waals surface area contributed by atoms with Gasteiger partial charge in [0.05, 0.1) is 0 Å². The van der Waals surface area contributed by atoms with Gasteiger partial charge in [-0.3, -0.25) is 0 Å². The van der Waals surface area contributed by atoms with Crippen LogP contribution in [-0.4, -0.2) is 33.3 Å². The molecule has 0 radical (unpaired) electrons. The Balaban J connectivity index is 0.00000280. The van der Waals surface area contributed by atoms with Gasteiger partial charge in [0.1, 0.15) is 12.4 Å². The lowest BCUT2D eigenvalue weighted by atomic mass is 9.85. The van der Waals surface area contributed by atoms with E-state index in [0.29, 0.717) is 12.6 Å². The van der Waals surface area contributed by atoms with Crippen LogP contribution in [0.4, 0.5) is 0 Å². The van der Waals surface area contributed by atoms with Crippen molar-refractivity contribution in [3.05, 3.63) is 47.5 Å². The molecular weight excluding hydrogens is 463 g/mol. The Kier molecular flexibility index (Phi) is 8.27. The molecule has 3 rings (SSSR count). The third kappa shape index (κ3) is 5.93. The number of hydrogen-bond acceptors (Lipinski definition) is 3. The molecule has 1 heterocycles. The van der Waals surface area contributed by atoms with Crippen LogP contribution in [0.1, 0.15) is 56.7 Å². The molecule has 0 aliphatic heterocycles. The number of halogens is 1. The van der Waals surface area contributed by atoms with Crippen LogP contribution >= 0.6 is 24.0 Å². The van der Waals surface area contributed by atoms with E-state index in [0.717, 1.165) is 24.2 Å². The third-order valence-corrected chi connectivity index (χ3v) is 5.51. The number of nitrogens with zero attached hydrogens (tertiary/aromatic N) is 4. The van der Waals surface area contributed by atoms with E-state index in [1.165, 1.54) is 31.2 Å². The van der Waals surface area contributed by atoms with E-state index >= 15 is 0 Å². The van der Waals surface area contributed by atoms with E-state index in [-0.39, 0.29) is 29.4 Å². The Hall–Kier alpha value is -1.64. The summed E-state index contributed by atoms with van der Waals surface area (Å²) in [7, 11) is 1.98. The number of aliphatic imine (C=N–C) groups is 1. The number of aryl methyl sites for hydroxylation is 1. The average molecular weight is 496 g/mol. The molecule has 1 saturated carbocycles. The predicted octanol–water partition coefficient (Wildman–Crippen LogP) is 3.70. The van der Waals surface area contributed by atoms with E-state index in [1.54, 1.807) is 0 Å². The molecule has 2 aromatic rings. The fourth-order valence-corrected chi connectivity index (χ4v) is 3.45. The fraction of sp³-hybridized carbons (Fsp3) is 0.571. The quantitative estimate of drug-likeness (QED) is 0.364. The second-order valence-electron chi connectivity index (χ2n) is 8.12. The lowest BCUT2D eigenvalue weighted by Crippen LogP contribution is -2.46. The Bertz CT molecular complexity index is 762. The third-order valence-electron chi connectivity index (χ3n) is 5.51. The molecule has 154 valence electrons. The van der Waals surface area contributed by atoms with Crippen LogP contribution in [0.15, 0.2) is 35.3 Å². The molecule has 7 heteroatoms. The van der Waals surface area contributed by atoms with Crippen LogP contribution in [-0.2, 0) is 19.0 Å². The van der Waals surface area contributed by atoms with Crippen LogP contribution in [0.2, 0.25) is 0 Å². The molecule has 0 saturated heterocycles. The number of nitrogens with one attached hydrogen (secondary N) is 2. The second-order valence-corrected chi connectivity index (χ2v) is 8.12. The molecule has 1 aliphatic carbocycles. The number of hydrogen-bond donors (Lipinski definition) is 2. The van der Waals surface area contributed by atoms with Gasteiger partial charge in [0.2, 0.25) is 0 Å². The minimum atomic E-state index is 0. The molecule has 0 spiro atoms. The summed E-state index contributed by atoms with van der Waals surface area (Å²) in [5.41, 5.74) is 1.34. The normalized spacial score (nSPS) is 15.4. The molecule has 0 atom stereocenters. The summed E-state index contributed by atoms with van der Waals surface area (Å²) >= 11 is 0. The predicted molar refractivity (Wildman–Crippen MR) is 125 cm³/mol. The summed E-state index contributed by atoms with van der Waals surface area (Å²) in [5.74, 6) is 2.65. The van der Waals surface area contributed by atoms with Crippen molar-refractivity contribution in [3.63, 3.8) is 0 Å². The second kappa shape index (κ2) is 10.2. The fourth-order valence-electron chi connectivity index (χ4n) is 3.45. The van der Waals surface area contributed by atoms with E-state index in [9.17, 15) is 0 Å². The van der Waals surface area contributed by atoms with Crippen molar-refractivity contribution in [3.8, 4) is 0 Å². The summed E-state index contributed by atoms with van der Waals surface area (Å²) in [6.45, 7) is 7.81. The number of benzene rings is 1. The van der Waals surface area contributed by atoms with Gasteiger partial charge in [-0.15, -0.1) is 34.2 Å². The van der Waals surface area contributed by atoms with Crippen LogP contribution in [0.3, 0.4) is 0 Å². The Morgan fingerprint density at radius 3 is 2.46 bits per heavy atom. The van der Waals surface area contributed by atoms with E-state index in [1.807, 2.05) is 18.5 Å². The largest absolute Gasteiger partial charge is 0.356 e. The molecule has 28 heavy (non-hydrogen) atoms. The zero-order valence-electron chi connectivity index (χ0n) is 17.4. The zero-order chi connectivity index (χ0) is 19.3. The van der Waals surface area contributed by atoms with Gasteiger partial charge < -0.3 is 15.2 Å². The van der Waals surface area contributed by atoms with Crippen LogP contribution in [0.25, 0.3) is 0 Å². The smallest absolute Gasteiger partial charge is 0.191 e. The molecule has 0 amide bonds. The van der Waals surface area contributed by atoms with Gasteiger partial charge >= 0.3 is 0 Å². The summed E-state index contributed by atoms with van der Waals surface area (Å²) < 4.78 is 1.99. The van der Waals surface area contributed by atoms with Crippen LogP contribution < -0.4 is 10.6 Å². The van der Waals surface area contributed by atoms with E-state index in [2.05, 4.69) is 65.0 Å². The highest BCUT2D eigenvalue weighted by atomic mass is 127. The molecule has 1 aromatic heterocycles. The standard InChI is InChI=1S/C21H32N6.HI/c1-16-25-26-19(27(16)4)14-22-20(24-18-12-8-9-13-18)23-15-21(2,3)17-10-6-5-7-11-17;/h5-7,10-11,18H,8-9,12-15H2,1-4H3,(H2,22,23,24);1H. The maximum absolute atomic E-state index is 4.80. The molecule has 0 bridgehead atoms. The average Bonchev–Trinajstić information content (AvgIpc) is 3.29. The van der Waals surface area contributed by atoms with Gasteiger partial charge in [-0.05, 0) is 25.3 Å². The first-order valence-corrected chi connectivity index (χ1v) is 9.91. The molecule has 2 N–H and O–H groups in total. The topological polar surface area (TPSA) is 67.1 Å².